The molecule has 0 aliphatic rings. The van der Waals surface area contributed by atoms with Crippen LogP contribution in [0, 0.1) is 6.92 Å². The molecule has 3 amide bonds. The van der Waals surface area contributed by atoms with E-state index in [9.17, 15) is 9.59 Å². The summed E-state index contributed by atoms with van der Waals surface area (Å²) in [6.07, 6.45) is 1.62. The van der Waals surface area contributed by atoms with E-state index in [1.165, 1.54) is 11.8 Å². The van der Waals surface area contributed by atoms with Crippen molar-refractivity contribution in [3.05, 3.63) is 89.9 Å². The Hall–Kier alpha value is -3.85. The number of hydrogen-bond acceptors (Lipinski definition) is 6. The number of carbonyl (C=O) groups is 2. The van der Waals surface area contributed by atoms with Crippen molar-refractivity contribution < 1.29 is 14.0 Å². The summed E-state index contributed by atoms with van der Waals surface area (Å²) >= 11 is 1.25. The molecule has 0 aliphatic carbocycles. The zero-order valence-electron chi connectivity index (χ0n) is 18.9. The Morgan fingerprint density at radius 3 is 2.38 bits per heavy atom. The van der Waals surface area contributed by atoms with Gasteiger partial charge in [-0.1, -0.05) is 72.4 Å². The SMILES string of the molecule is CCNC(=O)NC(=O)[C@H](Sc1nnc(-c2ccoc2C)n1Cc1ccccc1)c1ccccc1. The molecule has 2 heterocycles. The van der Waals surface area contributed by atoms with Crippen LogP contribution in [0.3, 0.4) is 0 Å². The van der Waals surface area contributed by atoms with Gasteiger partial charge in [-0.25, -0.2) is 4.79 Å². The van der Waals surface area contributed by atoms with Gasteiger partial charge in [0.25, 0.3) is 0 Å². The molecule has 2 aromatic heterocycles. The number of furan rings is 1. The number of hydrogen-bond donors (Lipinski definition) is 2. The van der Waals surface area contributed by atoms with Gasteiger partial charge in [0.1, 0.15) is 11.0 Å². The average Bonchev–Trinajstić information content (AvgIpc) is 3.44. The minimum absolute atomic E-state index is 0.418. The highest BCUT2D eigenvalue weighted by molar-refractivity contribution is 8.00. The summed E-state index contributed by atoms with van der Waals surface area (Å²) < 4.78 is 7.46. The van der Waals surface area contributed by atoms with Crippen LogP contribution in [0.2, 0.25) is 0 Å². The molecule has 0 aliphatic heterocycles. The van der Waals surface area contributed by atoms with Crippen molar-refractivity contribution in [2.45, 2.75) is 30.8 Å². The Kier molecular flexibility index (Phi) is 7.44. The van der Waals surface area contributed by atoms with Crippen molar-refractivity contribution in [2.75, 3.05) is 6.54 Å². The number of nitrogens with zero attached hydrogens (tertiary/aromatic N) is 3. The van der Waals surface area contributed by atoms with E-state index >= 15 is 0 Å². The molecule has 0 fully saturated rings. The lowest BCUT2D eigenvalue weighted by Gasteiger charge is -2.17. The maximum atomic E-state index is 13.1. The van der Waals surface area contributed by atoms with Crippen LogP contribution in [0.25, 0.3) is 11.4 Å². The van der Waals surface area contributed by atoms with E-state index in [0.717, 1.165) is 22.5 Å². The summed E-state index contributed by atoms with van der Waals surface area (Å²) in [7, 11) is 0. The number of thioether (sulfide) groups is 1. The predicted octanol–water partition coefficient (Wildman–Crippen LogP) is 4.57. The van der Waals surface area contributed by atoms with Crippen molar-refractivity contribution >= 4 is 23.7 Å². The van der Waals surface area contributed by atoms with Crippen LogP contribution < -0.4 is 10.6 Å². The number of carbonyl (C=O) groups excluding carboxylic acids is 2. The number of imide groups is 1. The summed E-state index contributed by atoms with van der Waals surface area (Å²) in [5, 5.41) is 13.7. The van der Waals surface area contributed by atoms with E-state index in [1.54, 1.807) is 13.2 Å². The second kappa shape index (κ2) is 10.8. The standard InChI is InChI=1S/C25H25N5O3S/c1-3-26-24(32)27-23(31)21(19-12-8-5-9-13-19)34-25-29-28-22(20-14-15-33-17(20)2)30(25)16-18-10-6-4-7-11-18/h4-15,21H,3,16H2,1-2H3,(H2,26,27,31,32)/t21-/m1/s1. The zero-order valence-corrected chi connectivity index (χ0v) is 19.7. The Bertz CT molecular complexity index is 1250. The van der Waals surface area contributed by atoms with Gasteiger partial charge in [0.15, 0.2) is 11.0 Å². The first-order valence-corrected chi connectivity index (χ1v) is 11.8. The summed E-state index contributed by atoms with van der Waals surface area (Å²) in [5.74, 6) is 0.942. The van der Waals surface area contributed by atoms with Crippen LogP contribution in [0.15, 0.2) is 82.6 Å². The number of aryl methyl sites for hydroxylation is 1. The third-order valence-corrected chi connectivity index (χ3v) is 6.37. The number of nitrogens with one attached hydrogen (secondary N) is 2. The summed E-state index contributed by atoms with van der Waals surface area (Å²) in [6, 6.07) is 20.6. The molecule has 0 saturated carbocycles. The fourth-order valence-electron chi connectivity index (χ4n) is 3.49. The summed E-state index contributed by atoms with van der Waals surface area (Å²) in [4.78, 5) is 25.2. The summed E-state index contributed by atoms with van der Waals surface area (Å²) in [5.41, 5.74) is 2.65. The topological polar surface area (TPSA) is 102 Å². The molecule has 34 heavy (non-hydrogen) atoms. The lowest BCUT2D eigenvalue weighted by molar-refractivity contribution is -0.119. The smallest absolute Gasteiger partial charge is 0.321 e. The van der Waals surface area contributed by atoms with Gasteiger partial charge in [-0.2, -0.15) is 0 Å². The Morgan fingerprint density at radius 1 is 1.03 bits per heavy atom. The molecular formula is C25H25N5O3S. The maximum absolute atomic E-state index is 13.1. The maximum Gasteiger partial charge on any atom is 0.321 e. The van der Waals surface area contributed by atoms with E-state index < -0.39 is 17.2 Å². The quantitative estimate of drug-likeness (QED) is 0.362. The van der Waals surface area contributed by atoms with E-state index in [0.29, 0.717) is 24.1 Å². The first kappa shape index (κ1) is 23.3. The van der Waals surface area contributed by atoms with Crippen LogP contribution in [0.5, 0.6) is 0 Å². The van der Waals surface area contributed by atoms with Gasteiger partial charge >= 0.3 is 6.03 Å². The third-order valence-electron chi connectivity index (χ3n) is 5.14. The Balaban J connectivity index is 1.72. The fourth-order valence-corrected chi connectivity index (χ4v) is 4.53. The lowest BCUT2D eigenvalue weighted by Crippen LogP contribution is -2.41. The molecule has 0 bridgehead atoms. The van der Waals surface area contributed by atoms with Crippen LogP contribution >= 0.6 is 11.8 Å². The molecule has 9 heteroatoms. The van der Waals surface area contributed by atoms with Crippen molar-refractivity contribution in [3.8, 4) is 11.4 Å². The minimum Gasteiger partial charge on any atom is -0.469 e. The molecule has 174 valence electrons. The Labute approximate surface area is 201 Å². The number of urea groups is 1. The highest BCUT2D eigenvalue weighted by atomic mass is 32.2. The zero-order chi connectivity index (χ0) is 23.9. The van der Waals surface area contributed by atoms with Crippen molar-refractivity contribution in [1.29, 1.82) is 0 Å². The molecule has 0 spiro atoms. The van der Waals surface area contributed by atoms with Crippen molar-refractivity contribution in [2.24, 2.45) is 0 Å². The Morgan fingerprint density at radius 2 is 1.74 bits per heavy atom. The highest BCUT2D eigenvalue weighted by Crippen LogP contribution is 2.37. The number of benzene rings is 2. The van der Waals surface area contributed by atoms with Gasteiger partial charge in [-0.3, -0.25) is 14.7 Å². The number of rotatable bonds is 8. The lowest BCUT2D eigenvalue weighted by atomic mass is 10.1. The van der Waals surface area contributed by atoms with E-state index in [1.807, 2.05) is 78.2 Å². The fraction of sp³-hybridized carbons (Fsp3) is 0.200. The molecule has 0 saturated heterocycles. The normalized spacial score (nSPS) is 11.7. The number of aromatic nitrogens is 3. The van der Waals surface area contributed by atoms with Crippen molar-refractivity contribution in [1.82, 2.24) is 25.4 Å². The molecule has 1 atom stereocenters. The first-order valence-electron chi connectivity index (χ1n) is 10.9. The van der Waals surface area contributed by atoms with E-state index in [4.69, 9.17) is 4.42 Å². The highest BCUT2D eigenvalue weighted by Gasteiger charge is 2.27. The molecule has 2 N–H and O–H groups in total. The summed E-state index contributed by atoms with van der Waals surface area (Å²) in [6.45, 7) is 4.59. The van der Waals surface area contributed by atoms with E-state index in [-0.39, 0.29) is 0 Å². The van der Waals surface area contributed by atoms with Crippen LogP contribution in [0.4, 0.5) is 4.79 Å². The van der Waals surface area contributed by atoms with Gasteiger partial charge in [-0.15, -0.1) is 10.2 Å². The minimum atomic E-state index is -0.708. The molecule has 2 aromatic carbocycles. The molecule has 0 unspecified atom stereocenters. The molecule has 0 radical (unpaired) electrons. The third kappa shape index (κ3) is 5.37. The van der Waals surface area contributed by atoms with Gasteiger partial charge < -0.3 is 9.73 Å². The number of amides is 3. The van der Waals surface area contributed by atoms with Gasteiger partial charge in [0.2, 0.25) is 5.91 Å². The molecule has 4 aromatic rings. The van der Waals surface area contributed by atoms with Crippen LogP contribution in [0.1, 0.15) is 29.1 Å². The van der Waals surface area contributed by atoms with Crippen LogP contribution in [-0.2, 0) is 11.3 Å². The van der Waals surface area contributed by atoms with Crippen LogP contribution in [-0.4, -0.2) is 33.2 Å². The molecule has 8 nitrogen and oxygen atoms in total. The second-order valence-corrected chi connectivity index (χ2v) is 8.60. The molecule has 4 rings (SSSR count). The largest absolute Gasteiger partial charge is 0.469 e. The monoisotopic (exact) mass is 475 g/mol. The van der Waals surface area contributed by atoms with Crippen molar-refractivity contribution in [3.63, 3.8) is 0 Å². The van der Waals surface area contributed by atoms with Gasteiger partial charge in [0, 0.05) is 6.54 Å². The van der Waals surface area contributed by atoms with Gasteiger partial charge in [0.05, 0.1) is 18.4 Å². The second-order valence-electron chi connectivity index (χ2n) is 7.53. The van der Waals surface area contributed by atoms with E-state index in [2.05, 4.69) is 20.8 Å². The first-order chi connectivity index (χ1) is 16.6. The molecular weight excluding hydrogens is 450 g/mol. The predicted molar refractivity (Wildman–Crippen MR) is 130 cm³/mol. The average molecular weight is 476 g/mol. The van der Waals surface area contributed by atoms with Gasteiger partial charge in [-0.05, 0) is 31.0 Å².